The van der Waals surface area contributed by atoms with Crippen LogP contribution in [0.4, 0.5) is 5.95 Å². The van der Waals surface area contributed by atoms with Crippen LogP contribution in [-0.2, 0) is 0 Å². The molecule has 1 N–H and O–H groups in total. The Morgan fingerprint density at radius 3 is 2.73 bits per heavy atom. The molecule has 2 aliphatic heterocycles. The summed E-state index contributed by atoms with van der Waals surface area (Å²) in [5.74, 6) is 2.96. The predicted molar refractivity (Wildman–Crippen MR) is 94.9 cm³/mol. The maximum Gasteiger partial charge on any atom is 0.276 e. The van der Waals surface area contributed by atoms with Gasteiger partial charge in [-0.1, -0.05) is 5.16 Å². The Hall–Kier alpha value is -2.44. The van der Waals surface area contributed by atoms with Crippen molar-refractivity contribution in [3.8, 4) is 0 Å². The minimum atomic E-state index is 0.0121. The SMILES string of the molecule is Cc1ccnc(NC2C3CC2CN(C(=O)c2noc(C4CC4)c2C)C3)n1. The highest BCUT2D eigenvalue weighted by atomic mass is 16.5. The van der Waals surface area contributed by atoms with Crippen LogP contribution in [0.5, 0.6) is 0 Å². The molecule has 1 amide bonds. The van der Waals surface area contributed by atoms with Gasteiger partial charge < -0.3 is 14.7 Å². The van der Waals surface area contributed by atoms with Crippen LogP contribution in [0.25, 0.3) is 0 Å². The van der Waals surface area contributed by atoms with Gasteiger partial charge in [-0.25, -0.2) is 9.97 Å². The fourth-order valence-electron chi connectivity index (χ4n) is 4.38. The number of carbonyl (C=O) groups excluding carboxylic acids is 1. The molecule has 2 atom stereocenters. The highest BCUT2D eigenvalue weighted by molar-refractivity contribution is 5.94. The van der Waals surface area contributed by atoms with Gasteiger partial charge in [-0.2, -0.15) is 0 Å². The van der Waals surface area contributed by atoms with E-state index < -0.39 is 0 Å². The van der Waals surface area contributed by atoms with E-state index in [2.05, 4.69) is 20.4 Å². The highest BCUT2D eigenvalue weighted by Gasteiger charge is 2.48. The molecule has 2 aromatic heterocycles. The van der Waals surface area contributed by atoms with E-state index in [9.17, 15) is 4.79 Å². The number of aryl methyl sites for hydroxylation is 1. The van der Waals surface area contributed by atoms with Gasteiger partial charge in [-0.3, -0.25) is 4.79 Å². The van der Waals surface area contributed by atoms with Crippen LogP contribution in [0.3, 0.4) is 0 Å². The maximum atomic E-state index is 12.9. The number of nitrogens with one attached hydrogen (secondary N) is 1. The molecule has 4 heterocycles. The van der Waals surface area contributed by atoms with Gasteiger partial charge in [0.2, 0.25) is 5.95 Å². The quantitative estimate of drug-likeness (QED) is 0.909. The van der Waals surface area contributed by atoms with E-state index in [1.165, 1.54) is 0 Å². The van der Waals surface area contributed by atoms with Crippen molar-refractivity contribution >= 4 is 11.9 Å². The molecule has 2 aliphatic carbocycles. The van der Waals surface area contributed by atoms with Crippen molar-refractivity contribution in [3.05, 3.63) is 35.0 Å². The topological polar surface area (TPSA) is 84.2 Å². The summed E-state index contributed by atoms with van der Waals surface area (Å²) in [6.45, 7) is 5.43. The summed E-state index contributed by atoms with van der Waals surface area (Å²) in [6.07, 6.45) is 5.22. The van der Waals surface area contributed by atoms with E-state index in [1.807, 2.05) is 24.8 Å². The average Bonchev–Trinajstić information content (AvgIpc) is 3.41. The van der Waals surface area contributed by atoms with E-state index in [4.69, 9.17) is 4.52 Å². The summed E-state index contributed by atoms with van der Waals surface area (Å²) in [4.78, 5) is 23.6. The number of piperidine rings is 2. The smallest absolute Gasteiger partial charge is 0.276 e. The molecule has 0 spiro atoms. The maximum absolute atomic E-state index is 12.9. The molecule has 2 bridgehead atoms. The molecule has 2 saturated carbocycles. The Morgan fingerprint density at radius 1 is 1.27 bits per heavy atom. The van der Waals surface area contributed by atoms with E-state index in [0.717, 1.165) is 49.4 Å². The zero-order valence-corrected chi connectivity index (χ0v) is 15.1. The van der Waals surface area contributed by atoms with Crippen molar-refractivity contribution in [1.29, 1.82) is 0 Å². The normalized spacial score (nSPS) is 27.2. The van der Waals surface area contributed by atoms with Gasteiger partial charge in [0, 0.05) is 42.5 Å². The summed E-state index contributed by atoms with van der Waals surface area (Å²) in [5, 5.41) is 7.55. The molecular weight excluding hydrogens is 330 g/mol. The second-order valence-corrected chi connectivity index (χ2v) is 7.95. The molecule has 136 valence electrons. The number of fused-ring (bicyclic) bond motifs is 2. The van der Waals surface area contributed by atoms with Crippen LogP contribution >= 0.6 is 0 Å². The fraction of sp³-hybridized carbons (Fsp3) is 0.579. The zero-order chi connectivity index (χ0) is 17.8. The Morgan fingerprint density at radius 2 is 2.04 bits per heavy atom. The molecule has 4 fully saturated rings. The van der Waals surface area contributed by atoms with Gasteiger partial charge in [0.05, 0.1) is 0 Å². The minimum Gasteiger partial charge on any atom is -0.360 e. The van der Waals surface area contributed by atoms with Crippen LogP contribution in [-0.4, -0.2) is 45.1 Å². The van der Waals surface area contributed by atoms with Crippen molar-refractivity contribution in [2.24, 2.45) is 11.8 Å². The number of amides is 1. The van der Waals surface area contributed by atoms with E-state index in [0.29, 0.717) is 35.4 Å². The molecule has 26 heavy (non-hydrogen) atoms. The predicted octanol–water partition coefficient (Wildman–Crippen LogP) is 2.53. The summed E-state index contributed by atoms with van der Waals surface area (Å²) < 4.78 is 5.45. The Kier molecular flexibility index (Phi) is 3.52. The molecule has 2 aromatic rings. The average molecular weight is 353 g/mol. The molecule has 0 aromatic carbocycles. The largest absolute Gasteiger partial charge is 0.360 e. The Balaban J connectivity index is 1.26. The molecule has 6 rings (SSSR count). The molecular formula is C19H23N5O2. The van der Waals surface area contributed by atoms with Gasteiger partial charge in [0.15, 0.2) is 5.69 Å². The molecule has 2 saturated heterocycles. The Labute approximate surface area is 152 Å². The standard InChI is InChI=1S/C19H23N5O2/c1-10-5-6-20-19(21-10)22-16-13-7-14(16)9-24(8-13)18(25)15-11(2)17(26-23-15)12-3-4-12/h5-6,12-14,16H,3-4,7-9H2,1-2H3,(H,20,21,22). The third kappa shape index (κ3) is 2.57. The van der Waals surface area contributed by atoms with Crippen LogP contribution in [0.2, 0.25) is 0 Å². The lowest BCUT2D eigenvalue weighted by atomic mass is 9.66. The van der Waals surface area contributed by atoms with Crippen molar-refractivity contribution < 1.29 is 9.32 Å². The first-order chi connectivity index (χ1) is 12.6. The van der Waals surface area contributed by atoms with E-state index >= 15 is 0 Å². The highest BCUT2D eigenvalue weighted by Crippen LogP contribution is 2.44. The first kappa shape index (κ1) is 15.8. The first-order valence-electron chi connectivity index (χ1n) is 9.42. The number of hydrogen-bond donors (Lipinski definition) is 1. The van der Waals surface area contributed by atoms with Crippen LogP contribution in [0.15, 0.2) is 16.8 Å². The number of carbonyl (C=O) groups is 1. The van der Waals surface area contributed by atoms with Gasteiger partial charge >= 0.3 is 0 Å². The minimum absolute atomic E-state index is 0.0121. The Bertz CT molecular complexity index is 847. The molecule has 7 nitrogen and oxygen atoms in total. The third-order valence-corrected chi connectivity index (χ3v) is 6.02. The van der Waals surface area contributed by atoms with Crippen molar-refractivity contribution in [3.63, 3.8) is 0 Å². The number of rotatable bonds is 4. The van der Waals surface area contributed by atoms with E-state index in [-0.39, 0.29) is 5.91 Å². The second-order valence-electron chi connectivity index (χ2n) is 7.95. The van der Waals surface area contributed by atoms with Crippen molar-refractivity contribution in [2.75, 3.05) is 18.4 Å². The lowest BCUT2D eigenvalue weighted by Crippen LogP contribution is -2.62. The lowest BCUT2D eigenvalue weighted by molar-refractivity contribution is 0.0119. The lowest BCUT2D eigenvalue weighted by Gasteiger charge is -2.53. The molecule has 0 radical (unpaired) electrons. The number of aromatic nitrogens is 3. The third-order valence-electron chi connectivity index (χ3n) is 6.02. The summed E-state index contributed by atoms with van der Waals surface area (Å²) >= 11 is 0. The van der Waals surface area contributed by atoms with E-state index in [1.54, 1.807) is 6.20 Å². The van der Waals surface area contributed by atoms with Gasteiger partial charge in [-0.05, 0) is 51.0 Å². The number of hydrogen-bond acceptors (Lipinski definition) is 6. The van der Waals surface area contributed by atoms with Crippen LogP contribution < -0.4 is 5.32 Å². The first-order valence-corrected chi connectivity index (χ1v) is 9.42. The number of nitrogens with zero attached hydrogens (tertiary/aromatic N) is 4. The zero-order valence-electron chi connectivity index (χ0n) is 15.1. The van der Waals surface area contributed by atoms with Crippen LogP contribution in [0.1, 0.15) is 52.7 Å². The van der Waals surface area contributed by atoms with Crippen molar-refractivity contribution in [2.45, 2.75) is 45.1 Å². The van der Waals surface area contributed by atoms with Crippen LogP contribution in [0, 0.1) is 25.7 Å². The molecule has 2 unspecified atom stereocenters. The summed E-state index contributed by atoms with van der Waals surface area (Å²) in [7, 11) is 0. The molecule has 4 aliphatic rings. The van der Waals surface area contributed by atoms with Gasteiger partial charge in [0.1, 0.15) is 5.76 Å². The molecule has 7 heteroatoms. The summed E-state index contributed by atoms with van der Waals surface area (Å²) in [6, 6.07) is 2.24. The fourth-order valence-corrected chi connectivity index (χ4v) is 4.38. The number of anilines is 1. The van der Waals surface area contributed by atoms with Gasteiger partial charge in [-0.15, -0.1) is 0 Å². The van der Waals surface area contributed by atoms with Gasteiger partial charge in [0.25, 0.3) is 5.91 Å². The summed E-state index contributed by atoms with van der Waals surface area (Å²) in [5.41, 5.74) is 2.39. The second kappa shape index (κ2) is 5.79. The monoisotopic (exact) mass is 353 g/mol. The van der Waals surface area contributed by atoms with Crippen molar-refractivity contribution in [1.82, 2.24) is 20.0 Å².